The Hall–Kier alpha value is -2.90. The third-order valence-corrected chi connectivity index (χ3v) is 4.95. The van der Waals surface area contributed by atoms with Crippen LogP contribution in [0.15, 0.2) is 54.9 Å². The molecule has 8 heteroatoms. The number of morpholine rings is 1. The van der Waals surface area contributed by atoms with Crippen molar-refractivity contribution in [2.45, 2.75) is 12.5 Å². The monoisotopic (exact) mass is 412 g/mol. The highest BCUT2D eigenvalue weighted by molar-refractivity contribution is 6.30. The number of rotatable bonds is 6. The summed E-state index contributed by atoms with van der Waals surface area (Å²) < 4.78 is 11.6. The van der Waals surface area contributed by atoms with Crippen molar-refractivity contribution >= 4 is 17.5 Å². The SMILES string of the molecule is O=C(c1cccnc1)N1CCOC(c2cc(CCOc3ccc(Cl)cc3)[nH]n2)C1. The summed E-state index contributed by atoms with van der Waals surface area (Å²) in [6.45, 7) is 1.99. The molecular weight excluding hydrogens is 392 g/mol. The van der Waals surface area contributed by atoms with Gasteiger partial charge in [0.2, 0.25) is 0 Å². The molecule has 1 aliphatic heterocycles. The number of aromatic nitrogens is 3. The van der Waals surface area contributed by atoms with Gasteiger partial charge in [-0.15, -0.1) is 0 Å². The molecule has 1 aliphatic rings. The Morgan fingerprint density at radius 1 is 1.31 bits per heavy atom. The van der Waals surface area contributed by atoms with Gasteiger partial charge in [-0.3, -0.25) is 14.9 Å². The van der Waals surface area contributed by atoms with Crippen molar-refractivity contribution in [2.24, 2.45) is 0 Å². The van der Waals surface area contributed by atoms with E-state index >= 15 is 0 Å². The van der Waals surface area contributed by atoms with E-state index in [1.54, 1.807) is 41.6 Å². The molecule has 4 rings (SSSR count). The van der Waals surface area contributed by atoms with Crippen molar-refractivity contribution in [2.75, 3.05) is 26.3 Å². The number of benzene rings is 1. The molecule has 1 unspecified atom stereocenters. The van der Waals surface area contributed by atoms with E-state index in [-0.39, 0.29) is 12.0 Å². The lowest BCUT2D eigenvalue weighted by Gasteiger charge is -2.32. The fourth-order valence-corrected chi connectivity index (χ4v) is 3.29. The third kappa shape index (κ3) is 4.93. The standard InChI is InChI=1S/C21H21ClN4O3/c22-16-3-5-18(6-4-16)28-10-7-17-12-19(25-24-17)20-14-26(9-11-29-20)21(27)15-2-1-8-23-13-15/h1-6,8,12-13,20H,7,9-11,14H2,(H,24,25). The van der Waals surface area contributed by atoms with Crippen LogP contribution in [0.3, 0.4) is 0 Å². The summed E-state index contributed by atoms with van der Waals surface area (Å²) in [6.07, 6.45) is 3.66. The smallest absolute Gasteiger partial charge is 0.255 e. The molecule has 0 radical (unpaired) electrons. The predicted molar refractivity (Wildman–Crippen MR) is 108 cm³/mol. The molecule has 1 aromatic carbocycles. The van der Waals surface area contributed by atoms with Gasteiger partial charge in [0.25, 0.3) is 5.91 Å². The van der Waals surface area contributed by atoms with Gasteiger partial charge in [-0.25, -0.2) is 0 Å². The number of H-pyrrole nitrogens is 1. The highest BCUT2D eigenvalue weighted by Crippen LogP contribution is 2.23. The molecule has 1 N–H and O–H groups in total. The molecule has 0 spiro atoms. The number of nitrogens with one attached hydrogen (secondary N) is 1. The van der Waals surface area contributed by atoms with Crippen LogP contribution in [0.4, 0.5) is 0 Å². The summed E-state index contributed by atoms with van der Waals surface area (Å²) in [4.78, 5) is 18.5. The van der Waals surface area contributed by atoms with Gasteiger partial charge in [0.15, 0.2) is 0 Å². The number of halogens is 1. The van der Waals surface area contributed by atoms with Gasteiger partial charge in [0, 0.05) is 36.1 Å². The van der Waals surface area contributed by atoms with Crippen molar-refractivity contribution in [1.82, 2.24) is 20.1 Å². The first kappa shape index (κ1) is 19.4. The van der Waals surface area contributed by atoms with Gasteiger partial charge in [0.05, 0.1) is 31.0 Å². The van der Waals surface area contributed by atoms with Gasteiger partial charge >= 0.3 is 0 Å². The van der Waals surface area contributed by atoms with Gasteiger partial charge in [-0.1, -0.05) is 11.6 Å². The molecule has 3 aromatic rings. The number of pyridine rings is 1. The minimum absolute atomic E-state index is 0.0430. The Kier molecular flexibility index (Phi) is 6.07. The minimum atomic E-state index is -0.258. The number of hydrogen-bond donors (Lipinski definition) is 1. The van der Waals surface area contributed by atoms with E-state index in [4.69, 9.17) is 21.1 Å². The van der Waals surface area contributed by atoms with E-state index in [1.165, 1.54) is 0 Å². The topological polar surface area (TPSA) is 80.3 Å². The average Bonchev–Trinajstić information content (AvgIpc) is 3.24. The molecule has 0 saturated carbocycles. The number of carbonyl (C=O) groups is 1. The number of ether oxygens (including phenoxy) is 2. The molecule has 1 fully saturated rings. The largest absolute Gasteiger partial charge is 0.493 e. The number of nitrogens with zero attached hydrogens (tertiary/aromatic N) is 3. The van der Waals surface area contributed by atoms with Crippen LogP contribution in [0, 0.1) is 0 Å². The van der Waals surface area contributed by atoms with Crippen LogP contribution in [0.5, 0.6) is 5.75 Å². The summed E-state index contributed by atoms with van der Waals surface area (Å²) in [5.41, 5.74) is 2.32. The van der Waals surface area contributed by atoms with Crippen LogP contribution in [0.2, 0.25) is 5.02 Å². The summed E-state index contributed by atoms with van der Waals surface area (Å²) in [5.74, 6) is 0.729. The Bertz CT molecular complexity index is 946. The van der Waals surface area contributed by atoms with Crippen molar-refractivity contribution in [1.29, 1.82) is 0 Å². The molecule has 150 valence electrons. The Morgan fingerprint density at radius 2 is 2.17 bits per heavy atom. The zero-order valence-corrected chi connectivity index (χ0v) is 16.5. The van der Waals surface area contributed by atoms with E-state index < -0.39 is 0 Å². The lowest BCUT2D eigenvalue weighted by atomic mass is 10.1. The normalized spacial score (nSPS) is 16.6. The van der Waals surface area contributed by atoms with Crippen LogP contribution in [-0.4, -0.2) is 52.3 Å². The maximum Gasteiger partial charge on any atom is 0.255 e. The number of carbonyl (C=O) groups excluding carboxylic acids is 1. The molecule has 0 bridgehead atoms. The number of aromatic amines is 1. The lowest BCUT2D eigenvalue weighted by Crippen LogP contribution is -2.42. The Morgan fingerprint density at radius 3 is 2.97 bits per heavy atom. The molecular formula is C21H21ClN4O3. The maximum absolute atomic E-state index is 12.7. The molecule has 7 nitrogen and oxygen atoms in total. The van der Waals surface area contributed by atoms with Crippen LogP contribution < -0.4 is 4.74 Å². The Balaban J connectivity index is 1.32. The van der Waals surface area contributed by atoms with Crippen molar-refractivity contribution in [3.63, 3.8) is 0 Å². The van der Waals surface area contributed by atoms with Gasteiger partial charge in [-0.2, -0.15) is 5.10 Å². The zero-order valence-electron chi connectivity index (χ0n) is 15.8. The third-order valence-electron chi connectivity index (χ3n) is 4.70. The highest BCUT2D eigenvalue weighted by Gasteiger charge is 2.27. The van der Waals surface area contributed by atoms with Gasteiger partial charge in [0.1, 0.15) is 11.9 Å². The van der Waals surface area contributed by atoms with Crippen molar-refractivity contribution in [3.05, 3.63) is 76.8 Å². The van der Waals surface area contributed by atoms with Crippen LogP contribution >= 0.6 is 11.6 Å². The number of hydrogen-bond acceptors (Lipinski definition) is 5. The fourth-order valence-electron chi connectivity index (χ4n) is 3.17. The first-order valence-electron chi connectivity index (χ1n) is 9.42. The molecule has 1 amide bonds. The average molecular weight is 413 g/mol. The second-order valence-electron chi connectivity index (χ2n) is 6.72. The van der Waals surface area contributed by atoms with E-state index in [2.05, 4.69) is 15.2 Å². The molecule has 0 aliphatic carbocycles. The quantitative estimate of drug-likeness (QED) is 0.672. The molecule has 1 saturated heterocycles. The van der Waals surface area contributed by atoms with E-state index in [0.29, 0.717) is 43.3 Å². The second kappa shape index (κ2) is 9.07. The first-order valence-corrected chi connectivity index (χ1v) is 9.80. The van der Waals surface area contributed by atoms with Gasteiger partial charge in [-0.05, 0) is 42.5 Å². The minimum Gasteiger partial charge on any atom is -0.493 e. The van der Waals surface area contributed by atoms with E-state index in [0.717, 1.165) is 17.1 Å². The maximum atomic E-state index is 12.7. The molecule has 1 atom stereocenters. The second-order valence-corrected chi connectivity index (χ2v) is 7.16. The van der Waals surface area contributed by atoms with Gasteiger partial charge < -0.3 is 14.4 Å². The number of amides is 1. The van der Waals surface area contributed by atoms with E-state index in [1.807, 2.05) is 18.2 Å². The lowest BCUT2D eigenvalue weighted by molar-refractivity contribution is -0.0247. The fraction of sp³-hybridized carbons (Fsp3) is 0.286. The predicted octanol–water partition coefficient (Wildman–Crippen LogP) is 3.29. The summed E-state index contributed by atoms with van der Waals surface area (Å²) in [6, 6.07) is 12.8. The molecule has 2 aromatic heterocycles. The summed E-state index contributed by atoms with van der Waals surface area (Å²) in [5, 5.41) is 8.08. The summed E-state index contributed by atoms with van der Waals surface area (Å²) in [7, 11) is 0. The zero-order chi connectivity index (χ0) is 20.1. The van der Waals surface area contributed by atoms with E-state index in [9.17, 15) is 4.79 Å². The Labute approximate surface area is 173 Å². The first-order chi connectivity index (χ1) is 14.2. The molecule has 29 heavy (non-hydrogen) atoms. The van der Waals surface area contributed by atoms with Crippen LogP contribution in [0.25, 0.3) is 0 Å². The van der Waals surface area contributed by atoms with Crippen LogP contribution in [-0.2, 0) is 11.2 Å². The van der Waals surface area contributed by atoms with Crippen LogP contribution in [0.1, 0.15) is 27.8 Å². The molecule has 3 heterocycles. The van der Waals surface area contributed by atoms with Crippen molar-refractivity contribution in [3.8, 4) is 5.75 Å². The summed E-state index contributed by atoms with van der Waals surface area (Å²) >= 11 is 5.87. The van der Waals surface area contributed by atoms with Crippen molar-refractivity contribution < 1.29 is 14.3 Å². The highest BCUT2D eigenvalue weighted by atomic mass is 35.5.